The average molecular weight is 301 g/mol. The molecule has 2 unspecified atom stereocenters. The molecule has 1 aliphatic heterocycles. The fourth-order valence-corrected chi connectivity index (χ4v) is 3.86. The molecule has 18 heavy (non-hydrogen) atoms. The summed E-state index contributed by atoms with van der Waals surface area (Å²) in [5.41, 5.74) is 5.84. The van der Waals surface area contributed by atoms with Gasteiger partial charge in [0.25, 0.3) is 0 Å². The van der Waals surface area contributed by atoms with Crippen molar-refractivity contribution in [1.82, 2.24) is 4.31 Å². The zero-order valence-corrected chi connectivity index (χ0v) is 13.0. The predicted molar refractivity (Wildman–Crippen MR) is 75.5 cm³/mol. The van der Waals surface area contributed by atoms with Crippen molar-refractivity contribution in [2.24, 2.45) is 11.7 Å². The number of hydrogen-bond donors (Lipinski definition) is 1. The highest BCUT2D eigenvalue weighted by Crippen LogP contribution is 2.22. The Kier molecular flexibility index (Phi) is 7.70. The van der Waals surface area contributed by atoms with Crippen molar-refractivity contribution >= 4 is 22.4 Å². The van der Waals surface area contributed by atoms with Crippen molar-refractivity contribution in [3.63, 3.8) is 0 Å². The van der Waals surface area contributed by atoms with Gasteiger partial charge in [-0.05, 0) is 32.6 Å². The van der Waals surface area contributed by atoms with Gasteiger partial charge in [0.15, 0.2) is 0 Å². The largest absolute Gasteiger partial charge is 0.381 e. The number of nitrogens with two attached hydrogens (primary N) is 1. The summed E-state index contributed by atoms with van der Waals surface area (Å²) < 4.78 is 30.7. The third kappa shape index (κ3) is 5.01. The molecule has 0 aliphatic carbocycles. The van der Waals surface area contributed by atoms with Gasteiger partial charge >= 0.3 is 0 Å². The fraction of sp³-hybridized carbons (Fsp3) is 1.00. The van der Waals surface area contributed by atoms with Gasteiger partial charge in [0.05, 0.1) is 11.9 Å². The van der Waals surface area contributed by atoms with Crippen LogP contribution in [0.1, 0.15) is 26.7 Å². The van der Waals surface area contributed by atoms with Crippen LogP contribution in [0.25, 0.3) is 0 Å². The molecule has 1 saturated heterocycles. The average Bonchev–Trinajstić information content (AvgIpc) is 2.28. The molecule has 0 bridgehead atoms. The number of nitrogens with zero attached hydrogens (tertiary/aromatic N) is 1. The van der Waals surface area contributed by atoms with E-state index in [9.17, 15) is 8.42 Å². The molecule has 1 fully saturated rings. The number of sulfonamides is 1. The minimum atomic E-state index is -3.18. The standard InChI is InChI=1S/C11H24N2O3S.ClH/c1-9(16-3)8-17(14,15)13-6-4-11(5-7-13)10(2)12;/h9-11H,4-8,12H2,1-3H3;1H. The van der Waals surface area contributed by atoms with Crippen LogP contribution in [0, 0.1) is 5.92 Å². The normalized spacial score (nSPS) is 22.2. The molecule has 5 nitrogen and oxygen atoms in total. The van der Waals surface area contributed by atoms with Crippen molar-refractivity contribution in [1.29, 1.82) is 0 Å². The summed E-state index contributed by atoms with van der Waals surface area (Å²) in [6, 6.07) is 0.151. The lowest BCUT2D eigenvalue weighted by Gasteiger charge is -2.33. The van der Waals surface area contributed by atoms with Crippen LogP contribution in [0.3, 0.4) is 0 Å². The predicted octanol–water partition coefficient (Wildman–Crippen LogP) is 0.832. The lowest BCUT2D eigenvalue weighted by atomic mass is 9.92. The highest BCUT2D eigenvalue weighted by Gasteiger charge is 2.30. The molecule has 0 aromatic rings. The molecule has 1 rings (SSSR count). The lowest BCUT2D eigenvalue weighted by Crippen LogP contribution is -2.44. The summed E-state index contributed by atoms with van der Waals surface area (Å²) in [6.07, 6.45) is 1.46. The van der Waals surface area contributed by atoms with Crippen LogP contribution in [0.2, 0.25) is 0 Å². The molecule has 2 atom stereocenters. The van der Waals surface area contributed by atoms with Gasteiger partial charge in [-0.25, -0.2) is 12.7 Å². The van der Waals surface area contributed by atoms with Crippen LogP contribution in [-0.4, -0.2) is 50.8 Å². The smallest absolute Gasteiger partial charge is 0.216 e. The number of halogens is 1. The lowest BCUT2D eigenvalue weighted by molar-refractivity contribution is 0.134. The Balaban J connectivity index is 0.00000289. The van der Waals surface area contributed by atoms with Crippen molar-refractivity contribution in [2.45, 2.75) is 38.8 Å². The SMILES string of the molecule is COC(C)CS(=O)(=O)N1CCC(C(C)N)CC1.Cl. The Labute approximate surface area is 117 Å². The molecule has 2 N–H and O–H groups in total. The summed E-state index contributed by atoms with van der Waals surface area (Å²) in [4.78, 5) is 0. The van der Waals surface area contributed by atoms with Gasteiger partial charge in [-0.2, -0.15) is 0 Å². The first-order chi connectivity index (χ1) is 7.86. The molecule has 110 valence electrons. The Morgan fingerprint density at radius 1 is 1.33 bits per heavy atom. The van der Waals surface area contributed by atoms with Crippen LogP contribution in [-0.2, 0) is 14.8 Å². The van der Waals surface area contributed by atoms with E-state index < -0.39 is 10.0 Å². The monoisotopic (exact) mass is 300 g/mol. The van der Waals surface area contributed by atoms with Gasteiger partial charge in [-0.1, -0.05) is 0 Å². The summed E-state index contributed by atoms with van der Waals surface area (Å²) >= 11 is 0. The molecule has 0 aromatic heterocycles. The van der Waals surface area contributed by atoms with Crippen LogP contribution >= 0.6 is 12.4 Å². The molecular weight excluding hydrogens is 276 g/mol. The van der Waals surface area contributed by atoms with Gasteiger partial charge in [0.2, 0.25) is 10.0 Å². The zero-order chi connectivity index (χ0) is 13.1. The molecule has 0 spiro atoms. The van der Waals surface area contributed by atoms with E-state index in [1.807, 2.05) is 6.92 Å². The maximum Gasteiger partial charge on any atom is 0.216 e. The first-order valence-corrected chi connectivity index (χ1v) is 7.74. The Morgan fingerprint density at radius 2 is 1.83 bits per heavy atom. The molecule has 0 aromatic carbocycles. The van der Waals surface area contributed by atoms with E-state index in [0.29, 0.717) is 19.0 Å². The van der Waals surface area contributed by atoms with E-state index in [-0.39, 0.29) is 30.3 Å². The Bertz CT molecular complexity index is 327. The van der Waals surface area contributed by atoms with Gasteiger partial charge in [-0.15, -0.1) is 12.4 Å². The van der Waals surface area contributed by atoms with Crippen molar-refractivity contribution in [3.05, 3.63) is 0 Å². The van der Waals surface area contributed by atoms with E-state index in [1.54, 1.807) is 11.2 Å². The summed E-state index contributed by atoms with van der Waals surface area (Å²) in [5.74, 6) is 0.507. The van der Waals surface area contributed by atoms with Crippen molar-refractivity contribution in [2.75, 3.05) is 26.0 Å². The van der Waals surface area contributed by atoms with E-state index >= 15 is 0 Å². The van der Waals surface area contributed by atoms with Crippen LogP contribution in [0.4, 0.5) is 0 Å². The van der Waals surface area contributed by atoms with Crippen LogP contribution in [0.15, 0.2) is 0 Å². The quantitative estimate of drug-likeness (QED) is 0.816. The molecule has 0 amide bonds. The van der Waals surface area contributed by atoms with E-state index in [4.69, 9.17) is 10.5 Å². The maximum absolute atomic E-state index is 12.0. The minimum Gasteiger partial charge on any atom is -0.381 e. The van der Waals surface area contributed by atoms with Gasteiger partial charge in [0.1, 0.15) is 0 Å². The fourth-order valence-electron chi connectivity index (χ4n) is 2.15. The summed E-state index contributed by atoms with van der Waals surface area (Å²) in [7, 11) is -1.65. The highest BCUT2D eigenvalue weighted by atomic mass is 35.5. The minimum absolute atomic E-state index is 0. The second-order valence-corrected chi connectivity index (χ2v) is 6.93. The number of piperidine rings is 1. The number of methoxy groups -OCH3 is 1. The van der Waals surface area contributed by atoms with Gasteiger partial charge < -0.3 is 10.5 Å². The first kappa shape index (κ1) is 18.1. The number of hydrogen-bond acceptors (Lipinski definition) is 4. The zero-order valence-electron chi connectivity index (χ0n) is 11.3. The van der Waals surface area contributed by atoms with Crippen molar-refractivity contribution < 1.29 is 13.2 Å². The van der Waals surface area contributed by atoms with Gasteiger partial charge in [0, 0.05) is 26.2 Å². The Morgan fingerprint density at radius 3 is 2.22 bits per heavy atom. The van der Waals surface area contributed by atoms with E-state index in [1.165, 1.54) is 7.11 Å². The molecular formula is C11H25ClN2O3S. The third-order valence-electron chi connectivity index (χ3n) is 3.48. The topological polar surface area (TPSA) is 72.6 Å². The summed E-state index contributed by atoms with van der Waals surface area (Å²) in [6.45, 7) is 4.93. The molecule has 0 radical (unpaired) electrons. The van der Waals surface area contributed by atoms with Gasteiger partial charge in [-0.3, -0.25) is 0 Å². The molecule has 1 aliphatic rings. The maximum atomic E-state index is 12.0. The second kappa shape index (κ2) is 7.65. The van der Waals surface area contributed by atoms with Crippen LogP contribution in [0.5, 0.6) is 0 Å². The summed E-state index contributed by atoms with van der Waals surface area (Å²) in [5, 5.41) is 0. The Hall–Kier alpha value is 0.120. The highest BCUT2D eigenvalue weighted by molar-refractivity contribution is 7.89. The number of ether oxygens (including phenoxy) is 1. The van der Waals surface area contributed by atoms with Crippen LogP contribution < -0.4 is 5.73 Å². The van der Waals surface area contributed by atoms with Crippen molar-refractivity contribution in [3.8, 4) is 0 Å². The first-order valence-electron chi connectivity index (χ1n) is 6.13. The molecule has 7 heteroatoms. The second-order valence-electron chi connectivity index (χ2n) is 4.92. The third-order valence-corrected chi connectivity index (χ3v) is 5.53. The number of rotatable bonds is 5. The molecule has 0 saturated carbocycles. The molecule has 1 heterocycles. The van der Waals surface area contributed by atoms with E-state index in [0.717, 1.165) is 12.8 Å². The van der Waals surface area contributed by atoms with E-state index in [2.05, 4.69) is 0 Å².